The lowest BCUT2D eigenvalue weighted by molar-refractivity contribution is 0.102. The number of nitrogens with one attached hydrogen (secondary N) is 1. The Morgan fingerprint density at radius 2 is 1.67 bits per heavy atom. The number of anilines is 1. The van der Waals surface area contributed by atoms with Gasteiger partial charge in [-0.15, -0.1) is 0 Å². The smallest absolute Gasteiger partial charge is 0.255 e. The van der Waals surface area contributed by atoms with Gasteiger partial charge < -0.3 is 5.32 Å². The van der Waals surface area contributed by atoms with Gasteiger partial charge in [-0.05, 0) is 46.3 Å². The molecule has 0 spiro atoms. The van der Waals surface area contributed by atoms with Crippen molar-refractivity contribution in [3.63, 3.8) is 0 Å². The second-order valence-electron chi connectivity index (χ2n) is 5.04. The zero-order chi connectivity index (χ0) is 18.1. The van der Waals surface area contributed by atoms with Crippen molar-refractivity contribution in [2.45, 2.75) is 4.90 Å². The second kappa shape index (κ2) is 6.96. The number of carbonyl (C=O) groups excluding carboxylic acids is 1. The van der Waals surface area contributed by atoms with Crippen molar-refractivity contribution in [3.05, 3.63) is 58.1 Å². The summed E-state index contributed by atoms with van der Waals surface area (Å²) in [5, 5.41) is 2.32. The summed E-state index contributed by atoms with van der Waals surface area (Å²) < 4.78 is 52.1. The highest BCUT2D eigenvalue weighted by Gasteiger charge is 2.22. The number of amides is 1. The van der Waals surface area contributed by atoms with Gasteiger partial charge in [-0.25, -0.2) is 21.5 Å². The van der Waals surface area contributed by atoms with Gasteiger partial charge in [0.2, 0.25) is 10.0 Å². The summed E-state index contributed by atoms with van der Waals surface area (Å²) in [6.45, 7) is 0. The summed E-state index contributed by atoms with van der Waals surface area (Å²) in [4.78, 5) is 12.1. The molecule has 0 bridgehead atoms. The van der Waals surface area contributed by atoms with E-state index in [1.54, 1.807) is 0 Å². The molecule has 2 rings (SSSR count). The van der Waals surface area contributed by atoms with Gasteiger partial charge in [0.05, 0.1) is 4.90 Å². The molecular weight excluding hydrogens is 406 g/mol. The van der Waals surface area contributed by atoms with E-state index in [9.17, 15) is 22.0 Å². The van der Waals surface area contributed by atoms with Gasteiger partial charge in [-0.1, -0.05) is 0 Å². The van der Waals surface area contributed by atoms with Gasteiger partial charge in [0.1, 0.15) is 11.6 Å². The van der Waals surface area contributed by atoms with Crippen molar-refractivity contribution in [3.8, 4) is 0 Å². The van der Waals surface area contributed by atoms with Crippen LogP contribution in [0, 0.1) is 11.6 Å². The van der Waals surface area contributed by atoms with Crippen LogP contribution in [0.3, 0.4) is 0 Å². The first kappa shape index (κ1) is 18.5. The van der Waals surface area contributed by atoms with Crippen molar-refractivity contribution in [2.24, 2.45) is 0 Å². The molecule has 128 valence electrons. The van der Waals surface area contributed by atoms with E-state index >= 15 is 0 Å². The molecule has 0 unspecified atom stereocenters. The maximum atomic E-state index is 13.2. The molecule has 5 nitrogen and oxygen atoms in total. The fourth-order valence-electron chi connectivity index (χ4n) is 1.87. The Hall–Kier alpha value is -1.84. The number of nitrogens with zero attached hydrogens (tertiary/aromatic N) is 1. The number of benzene rings is 2. The van der Waals surface area contributed by atoms with Crippen LogP contribution in [-0.2, 0) is 10.0 Å². The SMILES string of the molecule is CN(C)S(=O)(=O)c1cc(C(=O)Nc2cc(F)cc(F)c2)ccc1Br. The minimum Gasteiger partial charge on any atom is -0.322 e. The Morgan fingerprint density at radius 3 is 2.21 bits per heavy atom. The van der Waals surface area contributed by atoms with Gasteiger partial charge in [0, 0.05) is 35.9 Å². The van der Waals surface area contributed by atoms with Crippen molar-refractivity contribution >= 4 is 37.5 Å². The Morgan fingerprint density at radius 1 is 1.08 bits per heavy atom. The van der Waals surface area contributed by atoms with Crippen LogP contribution in [0.1, 0.15) is 10.4 Å². The molecule has 0 aliphatic rings. The topological polar surface area (TPSA) is 66.5 Å². The Balaban J connectivity index is 2.37. The molecule has 0 saturated heterocycles. The molecule has 2 aromatic rings. The van der Waals surface area contributed by atoms with E-state index in [1.807, 2.05) is 0 Å². The zero-order valence-electron chi connectivity index (χ0n) is 12.7. The van der Waals surface area contributed by atoms with Crippen LogP contribution >= 0.6 is 15.9 Å². The average Bonchev–Trinajstić information content (AvgIpc) is 2.46. The number of rotatable bonds is 4. The monoisotopic (exact) mass is 418 g/mol. The maximum Gasteiger partial charge on any atom is 0.255 e. The molecule has 0 aliphatic carbocycles. The van der Waals surface area contributed by atoms with Gasteiger partial charge in [-0.3, -0.25) is 4.79 Å². The largest absolute Gasteiger partial charge is 0.322 e. The summed E-state index contributed by atoms with van der Waals surface area (Å²) in [6.07, 6.45) is 0. The maximum absolute atomic E-state index is 13.2. The van der Waals surface area contributed by atoms with Gasteiger partial charge in [0.25, 0.3) is 5.91 Å². The predicted octanol–water partition coefficient (Wildman–Crippen LogP) is 3.23. The highest BCUT2D eigenvalue weighted by atomic mass is 79.9. The average molecular weight is 419 g/mol. The van der Waals surface area contributed by atoms with E-state index in [2.05, 4.69) is 21.2 Å². The first-order valence-electron chi connectivity index (χ1n) is 6.61. The lowest BCUT2D eigenvalue weighted by atomic mass is 10.2. The molecule has 1 amide bonds. The van der Waals surface area contributed by atoms with E-state index in [4.69, 9.17) is 0 Å². The standard InChI is InChI=1S/C15H13BrF2N2O3S/c1-20(2)24(22,23)14-5-9(3-4-13(14)16)15(21)19-12-7-10(17)6-11(18)8-12/h3-8H,1-2H3,(H,19,21). The highest BCUT2D eigenvalue weighted by Crippen LogP contribution is 2.25. The molecule has 0 saturated carbocycles. The molecule has 0 aliphatic heterocycles. The molecule has 0 atom stereocenters. The molecular formula is C15H13BrF2N2O3S. The van der Waals surface area contributed by atoms with Gasteiger partial charge >= 0.3 is 0 Å². The zero-order valence-corrected chi connectivity index (χ0v) is 15.1. The quantitative estimate of drug-likeness (QED) is 0.828. The minimum atomic E-state index is -3.76. The summed E-state index contributed by atoms with van der Waals surface area (Å²) in [5.41, 5.74) is -0.0410. The third kappa shape index (κ3) is 3.97. The molecule has 24 heavy (non-hydrogen) atoms. The van der Waals surface area contributed by atoms with Crippen LogP contribution in [0.4, 0.5) is 14.5 Å². The number of hydrogen-bond acceptors (Lipinski definition) is 3. The fraction of sp³-hybridized carbons (Fsp3) is 0.133. The van der Waals surface area contributed by atoms with E-state index in [-0.39, 0.29) is 16.1 Å². The molecule has 9 heteroatoms. The van der Waals surface area contributed by atoms with E-state index in [0.29, 0.717) is 10.5 Å². The van der Waals surface area contributed by atoms with E-state index in [0.717, 1.165) is 16.4 Å². The van der Waals surface area contributed by atoms with Crippen LogP contribution in [0.2, 0.25) is 0 Å². The number of halogens is 3. The lowest BCUT2D eigenvalue weighted by Gasteiger charge is -2.14. The second-order valence-corrected chi connectivity index (χ2v) is 8.02. The third-order valence-corrected chi connectivity index (χ3v) is 5.88. The minimum absolute atomic E-state index is 0.0308. The first-order valence-corrected chi connectivity index (χ1v) is 8.84. The first-order chi connectivity index (χ1) is 11.1. The van der Waals surface area contributed by atoms with Crippen molar-refractivity contribution in [1.29, 1.82) is 0 Å². The van der Waals surface area contributed by atoms with Crippen molar-refractivity contribution in [2.75, 3.05) is 19.4 Å². The molecule has 0 fully saturated rings. The van der Waals surface area contributed by atoms with Crippen LogP contribution in [0.5, 0.6) is 0 Å². The number of sulfonamides is 1. The van der Waals surface area contributed by atoms with E-state index < -0.39 is 27.6 Å². The third-order valence-electron chi connectivity index (χ3n) is 3.07. The molecule has 2 aromatic carbocycles. The molecule has 0 aromatic heterocycles. The summed E-state index contributed by atoms with van der Waals surface area (Å²) in [5.74, 6) is -2.36. The number of carbonyl (C=O) groups is 1. The van der Waals surface area contributed by atoms with Gasteiger partial charge in [-0.2, -0.15) is 0 Å². The Bertz CT molecular complexity index is 881. The lowest BCUT2D eigenvalue weighted by Crippen LogP contribution is -2.23. The summed E-state index contributed by atoms with van der Waals surface area (Å²) >= 11 is 3.13. The van der Waals surface area contributed by atoms with Crippen LogP contribution in [0.15, 0.2) is 45.8 Å². The van der Waals surface area contributed by atoms with Crippen LogP contribution < -0.4 is 5.32 Å². The van der Waals surface area contributed by atoms with E-state index in [1.165, 1.54) is 32.3 Å². The molecule has 0 radical (unpaired) electrons. The Labute approximate surface area is 146 Å². The van der Waals surface area contributed by atoms with Gasteiger partial charge in [0.15, 0.2) is 0 Å². The Kier molecular flexibility index (Phi) is 5.36. The van der Waals surface area contributed by atoms with Crippen molar-refractivity contribution in [1.82, 2.24) is 4.31 Å². The fourth-order valence-corrected chi connectivity index (χ4v) is 3.71. The van der Waals surface area contributed by atoms with Crippen molar-refractivity contribution < 1.29 is 22.0 Å². The predicted molar refractivity (Wildman–Crippen MR) is 89.3 cm³/mol. The molecule has 0 heterocycles. The number of hydrogen-bond donors (Lipinski definition) is 1. The normalized spacial score (nSPS) is 11.6. The summed E-state index contributed by atoms with van der Waals surface area (Å²) in [6, 6.07) is 6.58. The molecule has 1 N–H and O–H groups in total. The van der Waals surface area contributed by atoms with Crippen LogP contribution in [-0.4, -0.2) is 32.7 Å². The highest BCUT2D eigenvalue weighted by molar-refractivity contribution is 9.10. The van der Waals surface area contributed by atoms with Crippen LogP contribution in [0.25, 0.3) is 0 Å². The summed E-state index contributed by atoms with van der Waals surface area (Å²) in [7, 11) is -1.03.